The predicted octanol–water partition coefficient (Wildman–Crippen LogP) is -0.127. The van der Waals surface area contributed by atoms with Gasteiger partial charge < -0.3 is 10.2 Å². The van der Waals surface area contributed by atoms with E-state index in [4.69, 9.17) is 0 Å². The second-order valence-corrected chi connectivity index (χ2v) is 5.39. The molecule has 0 bridgehead atoms. The average molecular weight is 252 g/mol. The fraction of sp³-hybridized carbons (Fsp3) is 0.636. The van der Waals surface area contributed by atoms with E-state index in [1.165, 1.54) is 11.3 Å². The van der Waals surface area contributed by atoms with Gasteiger partial charge in [0, 0.05) is 45.3 Å². The fourth-order valence-corrected chi connectivity index (χ4v) is 2.89. The van der Waals surface area contributed by atoms with Crippen molar-refractivity contribution in [1.82, 2.24) is 20.1 Å². The Morgan fingerprint density at radius 1 is 1.35 bits per heavy atom. The molecule has 0 spiro atoms. The van der Waals surface area contributed by atoms with Gasteiger partial charge in [0.25, 0.3) is 5.91 Å². The highest BCUT2D eigenvalue weighted by atomic mass is 32.1. The first kappa shape index (κ1) is 11.1. The highest BCUT2D eigenvalue weighted by Crippen LogP contribution is 2.14. The van der Waals surface area contributed by atoms with E-state index in [0.29, 0.717) is 6.04 Å². The summed E-state index contributed by atoms with van der Waals surface area (Å²) in [5.74, 6) is 0.138. The maximum atomic E-state index is 12.1. The summed E-state index contributed by atoms with van der Waals surface area (Å²) in [5.41, 5.74) is 1.71. The third-order valence-corrected chi connectivity index (χ3v) is 4.28. The lowest BCUT2D eigenvalue weighted by atomic mass is 10.1. The van der Waals surface area contributed by atoms with Crippen LogP contribution in [0.2, 0.25) is 0 Å². The first-order chi connectivity index (χ1) is 8.34. The zero-order chi connectivity index (χ0) is 11.7. The highest BCUT2D eigenvalue weighted by molar-refractivity contribution is 7.11. The first-order valence-electron chi connectivity index (χ1n) is 5.97. The van der Waals surface area contributed by atoms with Gasteiger partial charge in [0.05, 0.1) is 11.7 Å². The molecule has 0 unspecified atom stereocenters. The molecule has 2 aliphatic rings. The van der Waals surface area contributed by atoms with Crippen LogP contribution in [-0.2, 0) is 0 Å². The second-order valence-electron chi connectivity index (χ2n) is 4.51. The summed E-state index contributed by atoms with van der Waals surface area (Å²) < 4.78 is 0. The molecule has 92 valence electrons. The van der Waals surface area contributed by atoms with Gasteiger partial charge in [-0.25, -0.2) is 0 Å². The largest absolute Gasteiger partial charge is 0.335 e. The number of hydrogen-bond donors (Lipinski definition) is 1. The minimum atomic E-state index is 0.138. The molecule has 2 saturated heterocycles. The van der Waals surface area contributed by atoms with Crippen molar-refractivity contribution in [3.8, 4) is 0 Å². The van der Waals surface area contributed by atoms with Crippen LogP contribution in [0.5, 0.6) is 0 Å². The van der Waals surface area contributed by atoms with Crippen LogP contribution >= 0.6 is 11.3 Å². The number of carbonyl (C=O) groups is 1. The minimum Gasteiger partial charge on any atom is -0.335 e. The number of piperazine rings is 1. The first-order valence-corrected chi connectivity index (χ1v) is 6.85. The summed E-state index contributed by atoms with van der Waals surface area (Å²) in [6, 6.07) is 0.690. The molecule has 0 saturated carbocycles. The number of aromatic nitrogens is 1. The van der Waals surface area contributed by atoms with Crippen LogP contribution in [0, 0.1) is 0 Å². The Kier molecular flexibility index (Phi) is 3.09. The molecule has 0 aliphatic carbocycles. The fourth-order valence-electron chi connectivity index (χ4n) is 2.30. The third-order valence-electron chi connectivity index (χ3n) is 3.52. The number of hydrogen-bond acceptors (Lipinski definition) is 5. The van der Waals surface area contributed by atoms with Crippen molar-refractivity contribution in [2.75, 3.05) is 39.3 Å². The zero-order valence-corrected chi connectivity index (χ0v) is 10.4. The van der Waals surface area contributed by atoms with Crippen LogP contribution in [0.25, 0.3) is 0 Å². The van der Waals surface area contributed by atoms with Crippen molar-refractivity contribution in [2.45, 2.75) is 6.04 Å². The highest BCUT2D eigenvalue weighted by Gasteiger charge is 2.29. The van der Waals surface area contributed by atoms with Gasteiger partial charge in [-0.05, 0) is 0 Å². The van der Waals surface area contributed by atoms with Crippen LogP contribution in [0.15, 0.2) is 11.7 Å². The summed E-state index contributed by atoms with van der Waals surface area (Å²) in [7, 11) is 0. The Labute approximate surface area is 104 Å². The molecule has 1 N–H and O–H groups in total. The van der Waals surface area contributed by atoms with Crippen molar-refractivity contribution >= 4 is 17.2 Å². The standard InChI is InChI=1S/C11H16N4OS/c16-11(10-7-13-8-17-10)15-3-1-14(2-4-15)9-5-12-6-9/h7-9,12H,1-6H2. The van der Waals surface area contributed by atoms with Crippen molar-refractivity contribution in [2.24, 2.45) is 0 Å². The summed E-state index contributed by atoms with van der Waals surface area (Å²) in [6.45, 7) is 5.87. The van der Waals surface area contributed by atoms with E-state index in [0.717, 1.165) is 44.1 Å². The van der Waals surface area contributed by atoms with Crippen LogP contribution in [-0.4, -0.2) is 66.0 Å². The van der Waals surface area contributed by atoms with Crippen LogP contribution in [0.1, 0.15) is 9.67 Å². The van der Waals surface area contributed by atoms with Gasteiger partial charge in [-0.1, -0.05) is 0 Å². The summed E-state index contributed by atoms with van der Waals surface area (Å²) in [6.07, 6.45) is 1.66. The molecule has 0 aromatic carbocycles. The molecule has 6 heteroatoms. The molecule has 5 nitrogen and oxygen atoms in total. The molecular weight excluding hydrogens is 236 g/mol. The Morgan fingerprint density at radius 3 is 2.65 bits per heavy atom. The Morgan fingerprint density at radius 2 is 2.12 bits per heavy atom. The molecule has 2 aliphatic heterocycles. The Hall–Kier alpha value is -0.980. The SMILES string of the molecule is O=C(c1cncs1)N1CCN(C2CNC2)CC1. The molecule has 17 heavy (non-hydrogen) atoms. The molecule has 1 aromatic heterocycles. The minimum absolute atomic E-state index is 0.138. The smallest absolute Gasteiger partial charge is 0.265 e. The molecular formula is C11H16N4OS. The van der Waals surface area contributed by atoms with Gasteiger partial charge in [-0.15, -0.1) is 11.3 Å². The number of nitrogens with zero attached hydrogens (tertiary/aromatic N) is 3. The van der Waals surface area contributed by atoms with Gasteiger partial charge >= 0.3 is 0 Å². The molecule has 1 amide bonds. The number of thiazole rings is 1. The molecule has 3 heterocycles. The van der Waals surface area contributed by atoms with E-state index in [-0.39, 0.29) is 5.91 Å². The monoisotopic (exact) mass is 252 g/mol. The van der Waals surface area contributed by atoms with Crippen LogP contribution in [0.3, 0.4) is 0 Å². The lowest BCUT2D eigenvalue weighted by Gasteiger charge is -2.43. The molecule has 0 radical (unpaired) electrons. The average Bonchev–Trinajstić information content (AvgIpc) is 2.80. The van der Waals surface area contributed by atoms with E-state index >= 15 is 0 Å². The molecule has 0 atom stereocenters. The predicted molar refractivity (Wildman–Crippen MR) is 66.2 cm³/mol. The third kappa shape index (κ3) is 2.20. The number of carbonyl (C=O) groups excluding carboxylic acids is 1. The normalized spacial score (nSPS) is 22.5. The quantitative estimate of drug-likeness (QED) is 0.797. The van der Waals surface area contributed by atoms with Gasteiger partial charge in [0.1, 0.15) is 4.88 Å². The lowest BCUT2D eigenvalue weighted by molar-refractivity contribution is 0.0506. The van der Waals surface area contributed by atoms with Crippen molar-refractivity contribution in [1.29, 1.82) is 0 Å². The van der Waals surface area contributed by atoms with Crippen molar-refractivity contribution in [3.63, 3.8) is 0 Å². The summed E-state index contributed by atoms with van der Waals surface area (Å²) in [5, 5.41) is 3.29. The van der Waals surface area contributed by atoms with Crippen LogP contribution in [0.4, 0.5) is 0 Å². The van der Waals surface area contributed by atoms with Gasteiger partial charge in [-0.3, -0.25) is 14.7 Å². The number of rotatable bonds is 2. The molecule has 2 fully saturated rings. The Balaban J connectivity index is 1.55. The maximum absolute atomic E-state index is 12.1. The number of nitrogens with one attached hydrogen (secondary N) is 1. The van der Waals surface area contributed by atoms with Crippen molar-refractivity contribution in [3.05, 3.63) is 16.6 Å². The van der Waals surface area contributed by atoms with E-state index in [1.54, 1.807) is 11.7 Å². The van der Waals surface area contributed by atoms with E-state index in [9.17, 15) is 4.79 Å². The van der Waals surface area contributed by atoms with Gasteiger partial charge in [0.15, 0.2) is 0 Å². The molecule has 3 rings (SSSR count). The maximum Gasteiger partial charge on any atom is 0.265 e. The van der Waals surface area contributed by atoms with E-state index in [2.05, 4.69) is 15.2 Å². The van der Waals surface area contributed by atoms with E-state index in [1.807, 2.05) is 4.90 Å². The Bertz CT molecular complexity index is 382. The lowest BCUT2D eigenvalue weighted by Crippen LogP contribution is -2.62. The van der Waals surface area contributed by atoms with Gasteiger partial charge in [0.2, 0.25) is 0 Å². The van der Waals surface area contributed by atoms with Crippen LogP contribution < -0.4 is 5.32 Å². The summed E-state index contributed by atoms with van der Waals surface area (Å²) in [4.78, 5) is 21.2. The van der Waals surface area contributed by atoms with Gasteiger partial charge in [-0.2, -0.15) is 0 Å². The second kappa shape index (κ2) is 4.72. The molecule has 1 aromatic rings. The zero-order valence-electron chi connectivity index (χ0n) is 9.63. The van der Waals surface area contributed by atoms with E-state index < -0.39 is 0 Å². The topological polar surface area (TPSA) is 48.5 Å². The number of amides is 1. The van der Waals surface area contributed by atoms with Crippen molar-refractivity contribution < 1.29 is 4.79 Å². The summed E-state index contributed by atoms with van der Waals surface area (Å²) >= 11 is 1.42.